The molecule has 2 heterocycles. The molecule has 0 atom stereocenters. The molecule has 0 spiro atoms. The average molecular weight is 701 g/mol. The lowest BCUT2D eigenvalue weighted by Crippen LogP contribution is -2.22. The first-order valence-electron chi connectivity index (χ1n) is 14.6. The molecular formula is C34H34BrN7O3S. The third-order valence-electron chi connectivity index (χ3n) is 6.81. The molecule has 2 amide bonds. The average Bonchev–Trinajstić information content (AvgIpc) is 3.03. The van der Waals surface area contributed by atoms with Crippen molar-refractivity contribution in [2.45, 2.75) is 29.6 Å². The Hall–Kier alpha value is -4.52. The second-order valence-electron chi connectivity index (χ2n) is 11.0. The first-order valence-corrected chi connectivity index (χ1v) is 16.2. The highest BCUT2D eigenvalue weighted by Crippen LogP contribution is 2.37. The largest absolute Gasteiger partial charge is 0.448 e. The van der Waals surface area contributed by atoms with Crippen LogP contribution >= 0.6 is 27.7 Å². The highest BCUT2D eigenvalue weighted by molar-refractivity contribution is 9.10. The van der Waals surface area contributed by atoms with Gasteiger partial charge in [0.25, 0.3) is 5.91 Å². The van der Waals surface area contributed by atoms with E-state index in [0.29, 0.717) is 47.2 Å². The molecule has 12 heteroatoms. The molecule has 46 heavy (non-hydrogen) atoms. The summed E-state index contributed by atoms with van der Waals surface area (Å²) in [6.45, 7) is 5.12. The number of amides is 2. The summed E-state index contributed by atoms with van der Waals surface area (Å²) in [6, 6.07) is 24.3. The molecule has 10 nitrogen and oxygen atoms in total. The van der Waals surface area contributed by atoms with Crippen molar-refractivity contribution in [3.63, 3.8) is 0 Å². The third kappa shape index (κ3) is 8.81. The maximum atomic E-state index is 13.3. The standard InChI is InChI=1S/C34H34BrN7O3S/c1-21(2)28-15-14-27-31(40-28)36-20-37-32(27)41-29-19-22(33(43)38-24-8-6-23(35)7-9-24)5-16-30(29)46-26-12-10-25(11-13-26)39-34(44)45-18-17-42(3)4/h5-16,19-21H,17-18H2,1-4H3,(H,38,43)(H,39,44)(H,36,37,40,41). The van der Waals surface area contributed by atoms with Gasteiger partial charge in [-0.1, -0.05) is 41.5 Å². The van der Waals surface area contributed by atoms with E-state index < -0.39 is 6.09 Å². The Labute approximate surface area is 280 Å². The van der Waals surface area contributed by atoms with Gasteiger partial charge in [-0.15, -0.1) is 0 Å². The number of nitrogens with one attached hydrogen (secondary N) is 3. The van der Waals surface area contributed by atoms with Crippen LogP contribution < -0.4 is 16.0 Å². The van der Waals surface area contributed by atoms with E-state index in [1.807, 2.05) is 85.7 Å². The number of halogens is 1. The van der Waals surface area contributed by atoms with Crippen molar-refractivity contribution < 1.29 is 14.3 Å². The summed E-state index contributed by atoms with van der Waals surface area (Å²) in [5.41, 5.74) is 4.00. The number of fused-ring (bicyclic) bond motifs is 1. The van der Waals surface area contributed by atoms with Gasteiger partial charge in [0.2, 0.25) is 0 Å². The smallest absolute Gasteiger partial charge is 0.411 e. The molecule has 0 unspecified atom stereocenters. The summed E-state index contributed by atoms with van der Waals surface area (Å²) in [5.74, 6) is 0.591. The van der Waals surface area contributed by atoms with Gasteiger partial charge in [-0.05, 0) is 98.9 Å². The molecule has 0 aliphatic carbocycles. The van der Waals surface area contributed by atoms with Crippen molar-refractivity contribution in [3.8, 4) is 0 Å². The van der Waals surface area contributed by atoms with Crippen LogP contribution in [0, 0.1) is 0 Å². The fraction of sp³-hybridized carbons (Fsp3) is 0.206. The Morgan fingerprint density at radius 2 is 1.63 bits per heavy atom. The molecule has 0 saturated carbocycles. The van der Waals surface area contributed by atoms with Crippen molar-refractivity contribution in [2.24, 2.45) is 0 Å². The lowest BCUT2D eigenvalue weighted by Gasteiger charge is -2.15. The number of likely N-dealkylation sites (N-methyl/N-ethyl adjacent to an activating group) is 1. The van der Waals surface area contributed by atoms with Crippen molar-refractivity contribution in [2.75, 3.05) is 43.2 Å². The Bertz CT molecular complexity index is 1830. The van der Waals surface area contributed by atoms with E-state index in [-0.39, 0.29) is 11.8 Å². The van der Waals surface area contributed by atoms with Crippen LogP contribution in [0.1, 0.15) is 35.8 Å². The SMILES string of the molecule is CC(C)c1ccc2c(Nc3cc(C(=O)Nc4ccc(Br)cc4)ccc3Sc3ccc(NC(=O)OCCN(C)C)cc3)ncnc2n1. The number of pyridine rings is 1. The van der Waals surface area contributed by atoms with Crippen LogP contribution in [0.4, 0.5) is 27.7 Å². The van der Waals surface area contributed by atoms with Gasteiger partial charge in [-0.3, -0.25) is 10.1 Å². The molecule has 0 saturated heterocycles. The first kappa shape index (κ1) is 32.9. The number of ether oxygens (including phenoxy) is 1. The Balaban J connectivity index is 1.40. The number of rotatable bonds is 11. The molecule has 3 aromatic carbocycles. The minimum absolute atomic E-state index is 0.245. The van der Waals surface area contributed by atoms with E-state index in [1.54, 1.807) is 12.1 Å². The summed E-state index contributed by atoms with van der Waals surface area (Å²) in [6.07, 6.45) is 0.980. The maximum Gasteiger partial charge on any atom is 0.411 e. The number of aromatic nitrogens is 3. The number of carbonyl (C=O) groups is 2. The van der Waals surface area contributed by atoms with Crippen LogP contribution in [0.3, 0.4) is 0 Å². The summed E-state index contributed by atoms with van der Waals surface area (Å²) in [5, 5.41) is 9.91. The minimum Gasteiger partial charge on any atom is -0.448 e. The zero-order valence-electron chi connectivity index (χ0n) is 25.9. The number of anilines is 4. The van der Waals surface area contributed by atoms with E-state index in [1.165, 1.54) is 18.1 Å². The quantitative estimate of drug-likeness (QED) is 0.125. The topological polar surface area (TPSA) is 121 Å². The molecule has 0 radical (unpaired) electrons. The molecule has 3 N–H and O–H groups in total. The van der Waals surface area contributed by atoms with Gasteiger partial charge >= 0.3 is 6.09 Å². The number of benzene rings is 3. The lowest BCUT2D eigenvalue weighted by atomic mass is 10.1. The molecular weight excluding hydrogens is 666 g/mol. The van der Waals surface area contributed by atoms with Gasteiger partial charge in [0.05, 0.1) is 11.1 Å². The molecule has 0 aliphatic heterocycles. The van der Waals surface area contributed by atoms with E-state index in [4.69, 9.17) is 9.72 Å². The predicted octanol–water partition coefficient (Wildman–Crippen LogP) is 8.17. The van der Waals surface area contributed by atoms with Gasteiger partial charge in [0.15, 0.2) is 5.65 Å². The summed E-state index contributed by atoms with van der Waals surface area (Å²) < 4.78 is 6.15. The van der Waals surface area contributed by atoms with Crippen molar-refractivity contribution >= 4 is 73.6 Å². The number of nitrogens with zero attached hydrogens (tertiary/aromatic N) is 4. The monoisotopic (exact) mass is 699 g/mol. The number of hydrogen-bond acceptors (Lipinski definition) is 9. The van der Waals surface area contributed by atoms with Crippen LogP contribution in [0.15, 0.2) is 99.5 Å². The molecule has 5 aromatic rings. The fourth-order valence-corrected chi connectivity index (χ4v) is 5.45. The van der Waals surface area contributed by atoms with Gasteiger partial charge in [0, 0.05) is 43.4 Å². The molecule has 5 rings (SSSR count). The molecule has 0 bridgehead atoms. The molecule has 0 fully saturated rings. The Kier molecular flexibility index (Phi) is 10.8. The van der Waals surface area contributed by atoms with Crippen LogP contribution in [0.25, 0.3) is 11.0 Å². The van der Waals surface area contributed by atoms with Gasteiger partial charge in [0.1, 0.15) is 18.8 Å². The molecule has 236 valence electrons. The van der Waals surface area contributed by atoms with Crippen molar-refractivity contribution in [3.05, 3.63) is 101 Å². The lowest BCUT2D eigenvalue weighted by molar-refractivity contribution is 0.102. The van der Waals surface area contributed by atoms with Gasteiger partial charge in [-0.2, -0.15) is 0 Å². The van der Waals surface area contributed by atoms with Crippen molar-refractivity contribution in [1.29, 1.82) is 0 Å². The second kappa shape index (κ2) is 15.2. The van der Waals surface area contributed by atoms with Crippen LogP contribution in [-0.4, -0.2) is 59.1 Å². The van der Waals surface area contributed by atoms with Crippen LogP contribution in [0.5, 0.6) is 0 Å². The van der Waals surface area contributed by atoms with Crippen molar-refractivity contribution in [1.82, 2.24) is 19.9 Å². The first-order chi connectivity index (χ1) is 22.1. The molecule has 0 aliphatic rings. The van der Waals surface area contributed by atoms with Gasteiger partial charge in [-0.25, -0.2) is 19.7 Å². The third-order valence-corrected chi connectivity index (χ3v) is 8.42. The van der Waals surface area contributed by atoms with E-state index in [2.05, 4.69) is 55.7 Å². The minimum atomic E-state index is -0.502. The number of carbonyl (C=O) groups excluding carboxylic acids is 2. The summed E-state index contributed by atoms with van der Waals surface area (Å²) in [4.78, 5) is 42.8. The highest BCUT2D eigenvalue weighted by atomic mass is 79.9. The summed E-state index contributed by atoms with van der Waals surface area (Å²) in [7, 11) is 3.83. The zero-order chi connectivity index (χ0) is 32.6. The predicted molar refractivity (Wildman–Crippen MR) is 187 cm³/mol. The van der Waals surface area contributed by atoms with Gasteiger partial charge < -0.3 is 20.3 Å². The molecule has 2 aromatic heterocycles. The Morgan fingerprint density at radius 1 is 0.913 bits per heavy atom. The van der Waals surface area contributed by atoms with E-state index >= 15 is 0 Å². The van der Waals surface area contributed by atoms with E-state index in [9.17, 15) is 9.59 Å². The number of hydrogen-bond donors (Lipinski definition) is 3. The summed E-state index contributed by atoms with van der Waals surface area (Å²) >= 11 is 4.93. The van der Waals surface area contributed by atoms with Crippen LogP contribution in [-0.2, 0) is 4.74 Å². The normalized spacial score (nSPS) is 11.1. The fourth-order valence-electron chi connectivity index (χ4n) is 4.31. The Morgan fingerprint density at radius 3 is 2.35 bits per heavy atom. The maximum absolute atomic E-state index is 13.3. The second-order valence-corrected chi connectivity index (χ2v) is 13.0. The van der Waals surface area contributed by atoms with E-state index in [0.717, 1.165) is 25.3 Å². The highest BCUT2D eigenvalue weighted by Gasteiger charge is 2.15. The zero-order valence-corrected chi connectivity index (χ0v) is 28.3. The van der Waals surface area contributed by atoms with Crippen LogP contribution in [0.2, 0.25) is 0 Å².